The first kappa shape index (κ1) is 16.6. The van der Waals surface area contributed by atoms with Crippen molar-refractivity contribution in [3.63, 3.8) is 0 Å². The molecule has 0 aliphatic rings. The Hall–Kier alpha value is -3.27. The molecule has 0 atom stereocenters. The molecule has 3 aromatic rings. The highest BCUT2D eigenvalue weighted by molar-refractivity contribution is 6.04. The third kappa shape index (κ3) is 4.61. The molecule has 0 aromatic heterocycles. The summed E-state index contributed by atoms with van der Waals surface area (Å²) in [5.74, 6) is 2.07. The Balaban J connectivity index is 1.61. The highest BCUT2D eigenvalue weighted by Gasteiger charge is 2.06. The van der Waals surface area contributed by atoms with Crippen LogP contribution >= 0.6 is 0 Å². The molecule has 0 aliphatic carbocycles. The van der Waals surface area contributed by atoms with Gasteiger partial charge in [0.15, 0.2) is 0 Å². The molecule has 4 heteroatoms. The van der Waals surface area contributed by atoms with E-state index in [1.807, 2.05) is 61.5 Å². The normalized spacial score (nSPS) is 10.1. The van der Waals surface area contributed by atoms with Crippen LogP contribution in [0.5, 0.6) is 17.2 Å². The molecule has 0 fully saturated rings. The van der Waals surface area contributed by atoms with E-state index in [2.05, 4.69) is 5.32 Å². The highest BCUT2D eigenvalue weighted by atomic mass is 16.5. The van der Waals surface area contributed by atoms with Crippen LogP contribution in [-0.2, 0) is 0 Å². The number of carbonyl (C=O) groups is 1. The Bertz CT molecular complexity index is 812. The van der Waals surface area contributed by atoms with Crippen LogP contribution in [0.4, 0.5) is 5.69 Å². The van der Waals surface area contributed by atoms with Crippen molar-refractivity contribution in [1.82, 2.24) is 0 Å². The number of amides is 1. The van der Waals surface area contributed by atoms with E-state index in [0.717, 1.165) is 11.5 Å². The summed E-state index contributed by atoms with van der Waals surface area (Å²) in [6.45, 7) is 2.52. The van der Waals surface area contributed by atoms with Gasteiger partial charge >= 0.3 is 0 Å². The number of ether oxygens (including phenoxy) is 2. The minimum Gasteiger partial charge on any atom is -0.494 e. The van der Waals surface area contributed by atoms with Crippen molar-refractivity contribution in [3.8, 4) is 17.2 Å². The summed E-state index contributed by atoms with van der Waals surface area (Å²) >= 11 is 0. The van der Waals surface area contributed by atoms with Crippen LogP contribution in [0, 0.1) is 0 Å². The summed E-state index contributed by atoms with van der Waals surface area (Å²) in [6, 6.07) is 23.9. The number of carbonyl (C=O) groups excluding carboxylic acids is 1. The number of hydrogen-bond donors (Lipinski definition) is 1. The van der Waals surface area contributed by atoms with Crippen molar-refractivity contribution >= 4 is 11.6 Å². The van der Waals surface area contributed by atoms with Gasteiger partial charge in [-0.25, -0.2) is 0 Å². The van der Waals surface area contributed by atoms with Gasteiger partial charge in [0.25, 0.3) is 5.91 Å². The fraction of sp³-hybridized carbons (Fsp3) is 0.0952. The predicted molar refractivity (Wildman–Crippen MR) is 98.5 cm³/mol. The van der Waals surface area contributed by atoms with Gasteiger partial charge in [-0.3, -0.25) is 4.79 Å². The van der Waals surface area contributed by atoms with Gasteiger partial charge in [0.1, 0.15) is 17.2 Å². The molecule has 0 spiro atoms. The van der Waals surface area contributed by atoms with Crippen molar-refractivity contribution in [2.24, 2.45) is 0 Å². The van der Waals surface area contributed by atoms with Crippen LogP contribution in [0.2, 0.25) is 0 Å². The molecule has 0 bridgehead atoms. The van der Waals surface area contributed by atoms with Gasteiger partial charge in [-0.15, -0.1) is 0 Å². The molecule has 126 valence electrons. The molecule has 0 unspecified atom stereocenters. The predicted octanol–water partition coefficient (Wildman–Crippen LogP) is 5.13. The fourth-order valence-electron chi connectivity index (χ4n) is 2.30. The van der Waals surface area contributed by atoms with E-state index >= 15 is 0 Å². The van der Waals surface area contributed by atoms with Gasteiger partial charge in [-0.05, 0) is 67.6 Å². The smallest absolute Gasteiger partial charge is 0.255 e. The number of benzene rings is 3. The lowest BCUT2D eigenvalue weighted by atomic mass is 10.2. The summed E-state index contributed by atoms with van der Waals surface area (Å²) in [7, 11) is 0. The lowest BCUT2D eigenvalue weighted by Crippen LogP contribution is -2.11. The lowest BCUT2D eigenvalue weighted by Gasteiger charge is -2.09. The molecule has 3 rings (SSSR count). The second-order valence-electron chi connectivity index (χ2n) is 5.35. The molecule has 4 nitrogen and oxygen atoms in total. The number of rotatable bonds is 6. The first-order valence-corrected chi connectivity index (χ1v) is 8.12. The maximum Gasteiger partial charge on any atom is 0.255 e. The third-order valence-corrected chi connectivity index (χ3v) is 3.52. The molecule has 0 heterocycles. The quantitative estimate of drug-likeness (QED) is 0.680. The van der Waals surface area contributed by atoms with Crippen LogP contribution in [0.3, 0.4) is 0 Å². The van der Waals surface area contributed by atoms with Crippen LogP contribution < -0.4 is 14.8 Å². The van der Waals surface area contributed by atoms with Crippen molar-refractivity contribution < 1.29 is 14.3 Å². The zero-order chi connectivity index (χ0) is 17.5. The van der Waals surface area contributed by atoms with Crippen LogP contribution in [-0.4, -0.2) is 12.5 Å². The van der Waals surface area contributed by atoms with E-state index in [-0.39, 0.29) is 5.91 Å². The van der Waals surface area contributed by atoms with Crippen molar-refractivity contribution in [2.45, 2.75) is 6.92 Å². The first-order valence-electron chi connectivity index (χ1n) is 8.12. The van der Waals surface area contributed by atoms with Gasteiger partial charge in [0.05, 0.1) is 6.61 Å². The molecule has 0 radical (unpaired) electrons. The molecular weight excluding hydrogens is 314 g/mol. The van der Waals surface area contributed by atoms with Crippen LogP contribution in [0.25, 0.3) is 0 Å². The Morgan fingerprint density at radius 3 is 2.04 bits per heavy atom. The third-order valence-electron chi connectivity index (χ3n) is 3.52. The topological polar surface area (TPSA) is 47.6 Å². The number of anilines is 1. The molecule has 0 saturated carbocycles. The Morgan fingerprint density at radius 1 is 0.800 bits per heavy atom. The van der Waals surface area contributed by atoms with Crippen molar-refractivity contribution in [2.75, 3.05) is 11.9 Å². The SMILES string of the molecule is CCOc1ccc(C(=O)Nc2ccc(Oc3ccccc3)cc2)cc1. The average molecular weight is 333 g/mol. The zero-order valence-corrected chi connectivity index (χ0v) is 13.9. The Labute approximate surface area is 147 Å². The van der Waals surface area contributed by atoms with Gasteiger partial charge in [-0.1, -0.05) is 18.2 Å². The minimum absolute atomic E-state index is 0.167. The van der Waals surface area contributed by atoms with E-state index in [9.17, 15) is 4.79 Å². The van der Waals surface area contributed by atoms with E-state index in [0.29, 0.717) is 23.6 Å². The summed E-state index contributed by atoms with van der Waals surface area (Å²) in [4.78, 5) is 12.3. The maximum absolute atomic E-state index is 12.3. The fourth-order valence-corrected chi connectivity index (χ4v) is 2.30. The second-order valence-corrected chi connectivity index (χ2v) is 5.35. The molecule has 0 aliphatic heterocycles. The largest absolute Gasteiger partial charge is 0.494 e. The molecule has 1 N–H and O–H groups in total. The van der Waals surface area contributed by atoms with Crippen LogP contribution in [0.15, 0.2) is 78.9 Å². The summed E-state index contributed by atoms with van der Waals surface area (Å²) < 4.78 is 11.1. The number of para-hydroxylation sites is 1. The van der Waals surface area contributed by atoms with Crippen LogP contribution in [0.1, 0.15) is 17.3 Å². The molecule has 1 amide bonds. The molecule has 0 saturated heterocycles. The van der Waals surface area contributed by atoms with E-state index in [1.165, 1.54) is 0 Å². The average Bonchev–Trinajstić information content (AvgIpc) is 2.65. The Kier molecular flexibility index (Phi) is 5.32. The van der Waals surface area contributed by atoms with Gasteiger partial charge in [0, 0.05) is 11.3 Å². The molecule has 3 aromatic carbocycles. The van der Waals surface area contributed by atoms with Crippen molar-refractivity contribution in [1.29, 1.82) is 0 Å². The lowest BCUT2D eigenvalue weighted by molar-refractivity contribution is 0.102. The summed E-state index contributed by atoms with van der Waals surface area (Å²) in [5.41, 5.74) is 1.28. The first-order chi connectivity index (χ1) is 12.2. The standard InChI is InChI=1S/C21H19NO3/c1-2-24-18-12-8-16(9-13-18)21(23)22-17-10-14-20(15-11-17)25-19-6-4-3-5-7-19/h3-15H,2H2,1H3,(H,22,23). The van der Waals surface area contributed by atoms with E-state index in [4.69, 9.17) is 9.47 Å². The molecular formula is C21H19NO3. The molecule has 25 heavy (non-hydrogen) atoms. The maximum atomic E-state index is 12.3. The van der Waals surface area contributed by atoms with Crippen molar-refractivity contribution in [3.05, 3.63) is 84.4 Å². The van der Waals surface area contributed by atoms with Gasteiger partial charge in [-0.2, -0.15) is 0 Å². The highest BCUT2D eigenvalue weighted by Crippen LogP contribution is 2.23. The Morgan fingerprint density at radius 2 is 1.40 bits per heavy atom. The van der Waals surface area contributed by atoms with Gasteiger partial charge in [0.2, 0.25) is 0 Å². The monoisotopic (exact) mass is 333 g/mol. The zero-order valence-electron chi connectivity index (χ0n) is 13.9. The number of nitrogens with one attached hydrogen (secondary N) is 1. The van der Waals surface area contributed by atoms with E-state index in [1.54, 1.807) is 24.3 Å². The van der Waals surface area contributed by atoms with Gasteiger partial charge < -0.3 is 14.8 Å². The second kappa shape index (κ2) is 8.02. The summed E-state index contributed by atoms with van der Waals surface area (Å²) in [5, 5.41) is 2.87. The summed E-state index contributed by atoms with van der Waals surface area (Å²) in [6.07, 6.45) is 0. The van der Waals surface area contributed by atoms with E-state index < -0.39 is 0 Å². The number of hydrogen-bond acceptors (Lipinski definition) is 3. The minimum atomic E-state index is -0.167.